The third-order valence-electron chi connectivity index (χ3n) is 3.19. The number of carboxylic acids is 1. The standard InChI is InChI=1S/C11H14N2O6/c1-5-3-13(11(18)12-9(5)15)8-2-6(10(16)17)7(4-14)19-8/h3,6-8,14H,2,4H2,1H3,(H,16,17)(H,12,15,18)/t6-,7?,8-/m1/s1. The highest BCUT2D eigenvalue weighted by Crippen LogP contribution is 2.32. The summed E-state index contributed by atoms with van der Waals surface area (Å²) in [5.41, 5.74) is -0.835. The van der Waals surface area contributed by atoms with E-state index in [0.29, 0.717) is 5.56 Å². The van der Waals surface area contributed by atoms with Gasteiger partial charge in [0.05, 0.1) is 18.6 Å². The smallest absolute Gasteiger partial charge is 0.330 e. The fraction of sp³-hybridized carbons (Fsp3) is 0.545. The molecule has 1 aromatic rings. The Morgan fingerprint density at radius 3 is 2.79 bits per heavy atom. The van der Waals surface area contributed by atoms with Crippen LogP contribution in [0.15, 0.2) is 15.8 Å². The second-order valence-corrected chi connectivity index (χ2v) is 4.47. The van der Waals surface area contributed by atoms with Crippen LogP contribution in [0.4, 0.5) is 0 Å². The Bertz CT molecular complexity index is 604. The fourth-order valence-electron chi connectivity index (χ4n) is 2.13. The maximum atomic E-state index is 11.7. The largest absolute Gasteiger partial charge is 0.481 e. The van der Waals surface area contributed by atoms with Crippen LogP contribution in [0.2, 0.25) is 0 Å². The lowest BCUT2D eigenvalue weighted by Gasteiger charge is -2.14. The summed E-state index contributed by atoms with van der Waals surface area (Å²) in [7, 11) is 0. The lowest BCUT2D eigenvalue weighted by molar-refractivity contribution is -0.144. The van der Waals surface area contributed by atoms with Crippen molar-refractivity contribution in [3.8, 4) is 0 Å². The minimum Gasteiger partial charge on any atom is -0.481 e. The van der Waals surface area contributed by atoms with Crippen molar-refractivity contribution in [2.45, 2.75) is 25.7 Å². The molecule has 1 fully saturated rings. The molecule has 0 spiro atoms. The van der Waals surface area contributed by atoms with Gasteiger partial charge in [0.25, 0.3) is 5.56 Å². The zero-order chi connectivity index (χ0) is 14.2. The number of ether oxygens (including phenoxy) is 1. The summed E-state index contributed by atoms with van der Waals surface area (Å²) in [6.45, 7) is 1.09. The molecular formula is C11H14N2O6. The topological polar surface area (TPSA) is 122 Å². The average molecular weight is 270 g/mol. The van der Waals surface area contributed by atoms with Crippen molar-refractivity contribution in [3.05, 3.63) is 32.6 Å². The third kappa shape index (κ3) is 2.45. The van der Waals surface area contributed by atoms with E-state index in [0.717, 1.165) is 4.57 Å². The van der Waals surface area contributed by atoms with Crippen LogP contribution < -0.4 is 11.2 Å². The number of carbonyl (C=O) groups is 1. The maximum Gasteiger partial charge on any atom is 0.330 e. The number of aromatic nitrogens is 2. The molecule has 1 unspecified atom stereocenters. The van der Waals surface area contributed by atoms with E-state index >= 15 is 0 Å². The van der Waals surface area contributed by atoms with Crippen molar-refractivity contribution in [1.29, 1.82) is 0 Å². The van der Waals surface area contributed by atoms with Crippen molar-refractivity contribution in [1.82, 2.24) is 9.55 Å². The molecule has 2 heterocycles. The Kier molecular flexibility index (Phi) is 3.54. The number of aliphatic hydroxyl groups is 1. The minimum absolute atomic E-state index is 0.0615. The second-order valence-electron chi connectivity index (χ2n) is 4.47. The number of nitrogens with one attached hydrogen (secondary N) is 1. The number of hydrogen-bond acceptors (Lipinski definition) is 5. The van der Waals surface area contributed by atoms with Crippen LogP contribution >= 0.6 is 0 Å². The van der Waals surface area contributed by atoms with Crippen molar-refractivity contribution >= 4 is 5.97 Å². The van der Waals surface area contributed by atoms with Crippen LogP contribution in [-0.4, -0.2) is 38.4 Å². The van der Waals surface area contributed by atoms with Gasteiger partial charge in [0.15, 0.2) is 0 Å². The summed E-state index contributed by atoms with van der Waals surface area (Å²) in [6.07, 6.45) is -0.279. The van der Waals surface area contributed by atoms with Crippen molar-refractivity contribution in [2.75, 3.05) is 6.61 Å². The van der Waals surface area contributed by atoms with Gasteiger partial charge in [0.2, 0.25) is 0 Å². The van der Waals surface area contributed by atoms with E-state index in [4.69, 9.17) is 14.9 Å². The third-order valence-corrected chi connectivity index (χ3v) is 3.19. The first-order chi connectivity index (χ1) is 8.93. The van der Waals surface area contributed by atoms with E-state index in [9.17, 15) is 14.4 Å². The van der Waals surface area contributed by atoms with Gasteiger partial charge in [-0.2, -0.15) is 0 Å². The van der Waals surface area contributed by atoms with Crippen molar-refractivity contribution in [3.63, 3.8) is 0 Å². The molecule has 3 atom stereocenters. The molecular weight excluding hydrogens is 256 g/mol. The van der Waals surface area contributed by atoms with Crippen LogP contribution in [0.1, 0.15) is 18.2 Å². The highest BCUT2D eigenvalue weighted by atomic mass is 16.5. The number of aryl methyl sites for hydroxylation is 1. The van der Waals surface area contributed by atoms with Gasteiger partial charge in [0.1, 0.15) is 6.23 Å². The molecule has 1 saturated heterocycles. The summed E-state index contributed by atoms with van der Waals surface area (Å²) < 4.78 is 6.50. The number of H-pyrrole nitrogens is 1. The Hall–Kier alpha value is -1.93. The molecule has 0 amide bonds. The zero-order valence-corrected chi connectivity index (χ0v) is 10.2. The van der Waals surface area contributed by atoms with Crippen LogP contribution in [0.5, 0.6) is 0 Å². The predicted molar refractivity (Wildman–Crippen MR) is 62.8 cm³/mol. The van der Waals surface area contributed by atoms with E-state index in [1.54, 1.807) is 0 Å². The van der Waals surface area contributed by atoms with Gasteiger partial charge in [-0.1, -0.05) is 0 Å². The number of nitrogens with zero attached hydrogens (tertiary/aromatic N) is 1. The Balaban J connectivity index is 2.35. The summed E-state index contributed by atoms with van der Waals surface area (Å²) in [5.74, 6) is -1.97. The molecule has 104 valence electrons. The maximum absolute atomic E-state index is 11.7. The lowest BCUT2D eigenvalue weighted by Crippen LogP contribution is -2.33. The summed E-state index contributed by atoms with van der Waals surface area (Å²) in [4.78, 5) is 36.1. The van der Waals surface area contributed by atoms with Crippen LogP contribution in [0.25, 0.3) is 0 Å². The summed E-state index contributed by atoms with van der Waals surface area (Å²) >= 11 is 0. The number of aliphatic hydroxyl groups excluding tert-OH is 1. The van der Waals surface area contributed by atoms with E-state index in [-0.39, 0.29) is 6.42 Å². The first kappa shape index (κ1) is 13.5. The molecule has 3 N–H and O–H groups in total. The number of carboxylic acid groups (broad SMARTS) is 1. The quantitative estimate of drug-likeness (QED) is 0.636. The normalized spacial score (nSPS) is 26.5. The molecule has 0 bridgehead atoms. The van der Waals surface area contributed by atoms with Crippen LogP contribution in [0, 0.1) is 12.8 Å². The number of rotatable bonds is 3. The van der Waals surface area contributed by atoms with Gasteiger partial charge >= 0.3 is 11.7 Å². The molecule has 1 aliphatic rings. The Morgan fingerprint density at radius 2 is 2.26 bits per heavy atom. The first-order valence-corrected chi connectivity index (χ1v) is 5.75. The molecule has 1 aliphatic heterocycles. The molecule has 0 saturated carbocycles. The van der Waals surface area contributed by atoms with Gasteiger partial charge in [0, 0.05) is 18.2 Å². The average Bonchev–Trinajstić information content (AvgIpc) is 2.77. The SMILES string of the molecule is Cc1cn([C@H]2C[C@@H](C(=O)O)C(CO)O2)c(=O)[nH]c1=O. The highest BCUT2D eigenvalue weighted by Gasteiger charge is 2.40. The molecule has 2 rings (SSSR count). The van der Waals surface area contributed by atoms with Gasteiger partial charge in [-0.15, -0.1) is 0 Å². The van der Waals surface area contributed by atoms with Gasteiger partial charge in [-0.25, -0.2) is 4.79 Å². The van der Waals surface area contributed by atoms with E-state index in [1.807, 2.05) is 0 Å². The molecule has 19 heavy (non-hydrogen) atoms. The Morgan fingerprint density at radius 1 is 1.58 bits per heavy atom. The van der Waals surface area contributed by atoms with Crippen LogP contribution in [0.3, 0.4) is 0 Å². The predicted octanol–water partition coefficient (Wildman–Crippen LogP) is -1.17. The lowest BCUT2D eigenvalue weighted by atomic mass is 10.0. The van der Waals surface area contributed by atoms with E-state index in [1.165, 1.54) is 13.1 Å². The number of hydrogen-bond donors (Lipinski definition) is 3. The highest BCUT2D eigenvalue weighted by molar-refractivity contribution is 5.71. The summed E-state index contributed by atoms with van der Waals surface area (Å²) in [5, 5.41) is 18.1. The fourth-order valence-corrected chi connectivity index (χ4v) is 2.13. The summed E-state index contributed by atoms with van der Waals surface area (Å²) in [6, 6.07) is 0. The zero-order valence-electron chi connectivity index (χ0n) is 10.2. The van der Waals surface area contributed by atoms with Crippen molar-refractivity contribution < 1.29 is 19.7 Å². The molecule has 0 aliphatic carbocycles. The van der Waals surface area contributed by atoms with Gasteiger partial charge in [-0.05, 0) is 6.92 Å². The second kappa shape index (κ2) is 4.98. The molecule has 8 nitrogen and oxygen atoms in total. The van der Waals surface area contributed by atoms with E-state index < -0.39 is 42.1 Å². The number of aliphatic carboxylic acids is 1. The molecule has 0 aromatic carbocycles. The van der Waals surface area contributed by atoms with Gasteiger partial charge < -0.3 is 14.9 Å². The number of aromatic amines is 1. The Labute approximate surface area is 107 Å². The van der Waals surface area contributed by atoms with Crippen molar-refractivity contribution in [2.24, 2.45) is 5.92 Å². The van der Waals surface area contributed by atoms with Gasteiger partial charge in [-0.3, -0.25) is 19.1 Å². The monoisotopic (exact) mass is 270 g/mol. The molecule has 8 heteroatoms. The van der Waals surface area contributed by atoms with E-state index in [2.05, 4.69) is 4.98 Å². The minimum atomic E-state index is -1.09. The molecule has 0 radical (unpaired) electrons. The van der Waals surface area contributed by atoms with Crippen LogP contribution in [-0.2, 0) is 9.53 Å². The molecule has 1 aromatic heterocycles. The first-order valence-electron chi connectivity index (χ1n) is 5.75.